The summed E-state index contributed by atoms with van der Waals surface area (Å²) in [5.41, 5.74) is 1.25. The summed E-state index contributed by atoms with van der Waals surface area (Å²) in [7, 11) is 0. The van der Waals surface area contributed by atoms with Gasteiger partial charge in [0.15, 0.2) is 0 Å². The van der Waals surface area contributed by atoms with Crippen molar-refractivity contribution in [3.63, 3.8) is 0 Å². The summed E-state index contributed by atoms with van der Waals surface area (Å²) in [5, 5.41) is 0. The zero-order valence-corrected chi connectivity index (χ0v) is 11.3. The molecule has 1 heterocycles. The van der Waals surface area contributed by atoms with E-state index in [2.05, 4.69) is 46.6 Å². The number of aryl methyl sites for hydroxylation is 1. The highest BCUT2D eigenvalue weighted by Gasteiger charge is 2.10. The van der Waals surface area contributed by atoms with Crippen molar-refractivity contribution < 1.29 is 0 Å². The molecule has 0 saturated carbocycles. The predicted octanol–water partition coefficient (Wildman–Crippen LogP) is 3.78. The van der Waals surface area contributed by atoms with E-state index >= 15 is 0 Å². The van der Waals surface area contributed by atoms with Crippen molar-refractivity contribution in [2.75, 3.05) is 18.0 Å². The highest BCUT2D eigenvalue weighted by atomic mass is 79.9. The Kier molecular flexibility index (Phi) is 5.09. The highest BCUT2D eigenvalue weighted by Crippen LogP contribution is 2.26. The molecule has 0 N–H and O–H groups in total. The highest BCUT2D eigenvalue weighted by molar-refractivity contribution is 9.10. The van der Waals surface area contributed by atoms with Crippen LogP contribution in [0, 0.1) is 6.92 Å². The van der Waals surface area contributed by atoms with E-state index in [1.54, 1.807) is 0 Å². The van der Waals surface area contributed by atoms with Crippen molar-refractivity contribution in [1.82, 2.24) is 4.98 Å². The van der Waals surface area contributed by atoms with Crippen molar-refractivity contribution in [2.24, 2.45) is 0 Å². The summed E-state index contributed by atoms with van der Waals surface area (Å²) in [6.07, 6.45) is 4.19. The van der Waals surface area contributed by atoms with Gasteiger partial charge in [-0.15, -0.1) is 0 Å². The molecule has 0 amide bonds. The van der Waals surface area contributed by atoms with Crippen LogP contribution in [-0.2, 0) is 0 Å². The molecule has 0 aliphatic carbocycles. The summed E-state index contributed by atoms with van der Waals surface area (Å²) in [4.78, 5) is 6.80. The monoisotopic (exact) mass is 270 g/mol. The first-order valence-corrected chi connectivity index (χ1v) is 6.36. The number of hydrogen-bond donors (Lipinski definition) is 0. The zero-order chi connectivity index (χ0) is 11.3. The van der Waals surface area contributed by atoms with Crippen LogP contribution in [0.4, 0.5) is 5.82 Å². The van der Waals surface area contributed by atoms with Gasteiger partial charge in [0.05, 0.1) is 4.47 Å². The maximum absolute atomic E-state index is 4.46. The normalized spacial score (nSPS) is 10.4. The summed E-state index contributed by atoms with van der Waals surface area (Å²) in [6, 6.07) is 2.03. The predicted molar refractivity (Wildman–Crippen MR) is 69.5 cm³/mol. The fourth-order valence-electron chi connectivity index (χ4n) is 1.61. The van der Waals surface area contributed by atoms with E-state index in [0.717, 1.165) is 36.2 Å². The Morgan fingerprint density at radius 1 is 1.27 bits per heavy atom. The first-order chi connectivity index (χ1) is 7.20. The minimum atomic E-state index is 1.07. The van der Waals surface area contributed by atoms with Crippen molar-refractivity contribution in [1.29, 1.82) is 0 Å². The Labute approximate surface area is 101 Å². The molecule has 1 aromatic heterocycles. The smallest absolute Gasteiger partial charge is 0.143 e. The fourth-order valence-corrected chi connectivity index (χ4v) is 2.10. The van der Waals surface area contributed by atoms with Crippen molar-refractivity contribution in [3.05, 3.63) is 22.3 Å². The van der Waals surface area contributed by atoms with E-state index in [9.17, 15) is 0 Å². The first-order valence-electron chi connectivity index (χ1n) is 5.56. The average Bonchev–Trinajstić information content (AvgIpc) is 2.22. The van der Waals surface area contributed by atoms with Crippen LogP contribution < -0.4 is 4.90 Å². The van der Waals surface area contributed by atoms with Gasteiger partial charge in [0.25, 0.3) is 0 Å². The zero-order valence-electron chi connectivity index (χ0n) is 9.76. The fraction of sp³-hybridized carbons (Fsp3) is 0.583. The standard InChI is InChI=1S/C12H19BrN2/c1-4-8-15(9-5-2)12-11(13)10(3)6-7-14-12/h6-7H,4-5,8-9H2,1-3H3. The maximum Gasteiger partial charge on any atom is 0.143 e. The number of anilines is 1. The van der Waals surface area contributed by atoms with Gasteiger partial charge < -0.3 is 4.90 Å². The minimum absolute atomic E-state index is 1.07. The molecule has 1 aromatic rings. The largest absolute Gasteiger partial charge is 0.356 e. The topological polar surface area (TPSA) is 16.1 Å². The van der Waals surface area contributed by atoms with Crippen LogP contribution >= 0.6 is 15.9 Å². The van der Waals surface area contributed by atoms with Gasteiger partial charge >= 0.3 is 0 Å². The van der Waals surface area contributed by atoms with Crippen LogP contribution in [0.15, 0.2) is 16.7 Å². The Morgan fingerprint density at radius 3 is 2.40 bits per heavy atom. The Hall–Kier alpha value is -0.570. The number of hydrogen-bond acceptors (Lipinski definition) is 2. The minimum Gasteiger partial charge on any atom is -0.356 e. The number of aromatic nitrogens is 1. The van der Waals surface area contributed by atoms with Crippen LogP contribution in [-0.4, -0.2) is 18.1 Å². The van der Waals surface area contributed by atoms with E-state index in [1.165, 1.54) is 5.56 Å². The molecule has 0 aromatic carbocycles. The Morgan fingerprint density at radius 2 is 1.87 bits per heavy atom. The summed E-state index contributed by atoms with van der Waals surface area (Å²) in [5.74, 6) is 1.08. The number of rotatable bonds is 5. The lowest BCUT2D eigenvalue weighted by Crippen LogP contribution is -2.26. The van der Waals surface area contributed by atoms with Crippen molar-refractivity contribution in [3.8, 4) is 0 Å². The second-order valence-corrected chi connectivity index (χ2v) is 4.55. The third-order valence-corrected chi connectivity index (χ3v) is 3.33. The van der Waals surface area contributed by atoms with Crippen LogP contribution in [0.1, 0.15) is 32.3 Å². The van der Waals surface area contributed by atoms with E-state index in [-0.39, 0.29) is 0 Å². The molecular weight excluding hydrogens is 252 g/mol. The Balaban J connectivity index is 2.94. The second-order valence-electron chi connectivity index (χ2n) is 3.75. The van der Waals surface area contributed by atoms with Crippen LogP contribution in [0.2, 0.25) is 0 Å². The molecule has 0 bridgehead atoms. The van der Waals surface area contributed by atoms with E-state index in [4.69, 9.17) is 0 Å². The number of pyridine rings is 1. The third kappa shape index (κ3) is 3.20. The van der Waals surface area contributed by atoms with Gasteiger partial charge in [-0.05, 0) is 47.3 Å². The van der Waals surface area contributed by atoms with Crippen LogP contribution in [0.3, 0.4) is 0 Å². The van der Waals surface area contributed by atoms with Crippen LogP contribution in [0.25, 0.3) is 0 Å². The van der Waals surface area contributed by atoms with Gasteiger partial charge in [-0.2, -0.15) is 0 Å². The molecule has 3 heteroatoms. The molecular formula is C12H19BrN2. The van der Waals surface area contributed by atoms with Crippen molar-refractivity contribution in [2.45, 2.75) is 33.6 Å². The second kappa shape index (κ2) is 6.11. The molecule has 0 fully saturated rings. The average molecular weight is 271 g/mol. The van der Waals surface area contributed by atoms with Gasteiger partial charge in [-0.1, -0.05) is 13.8 Å². The first kappa shape index (κ1) is 12.5. The Bertz CT molecular complexity index is 306. The van der Waals surface area contributed by atoms with Gasteiger partial charge in [0.1, 0.15) is 5.82 Å². The molecule has 0 unspecified atom stereocenters. The van der Waals surface area contributed by atoms with Gasteiger partial charge in [0.2, 0.25) is 0 Å². The third-order valence-electron chi connectivity index (χ3n) is 2.35. The summed E-state index contributed by atoms with van der Waals surface area (Å²) >= 11 is 3.62. The maximum atomic E-state index is 4.46. The molecule has 2 nitrogen and oxygen atoms in total. The molecule has 0 spiro atoms. The number of halogens is 1. The summed E-state index contributed by atoms with van der Waals surface area (Å²) < 4.78 is 1.13. The lowest BCUT2D eigenvalue weighted by Gasteiger charge is -2.24. The molecule has 84 valence electrons. The summed E-state index contributed by atoms with van der Waals surface area (Å²) in [6.45, 7) is 8.65. The lowest BCUT2D eigenvalue weighted by molar-refractivity contribution is 0.732. The molecule has 0 aliphatic heterocycles. The van der Waals surface area contributed by atoms with E-state index in [0.29, 0.717) is 0 Å². The van der Waals surface area contributed by atoms with Gasteiger partial charge in [0, 0.05) is 19.3 Å². The quantitative estimate of drug-likeness (QED) is 0.810. The molecule has 15 heavy (non-hydrogen) atoms. The van der Waals surface area contributed by atoms with Crippen LogP contribution in [0.5, 0.6) is 0 Å². The van der Waals surface area contributed by atoms with E-state index in [1.807, 2.05) is 12.3 Å². The molecule has 0 atom stereocenters. The van der Waals surface area contributed by atoms with Crippen molar-refractivity contribution >= 4 is 21.7 Å². The van der Waals surface area contributed by atoms with Gasteiger partial charge in [-0.3, -0.25) is 0 Å². The number of nitrogens with zero attached hydrogens (tertiary/aromatic N) is 2. The molecule has 0 saturated heterocycles. The molecule has 0 aliphatic rings. The molecule has 0 radical (unpaired) electrons. The van der Waals surface area contributed by atoms with Gasteiger partial charge in [-0.25, -0.2) is 4.98 Å². The molecule has 1 rings (SSSR count). The van der Waals surface area contributed by atoms with E-state index < -0.39 is 0 Å². The SMILES string of the molecule is CCCN(CCC)c1nccc(C)c1Br. The lowest BCUT2D eigenvalue weighted by atomic mass is 10.2.